The summed E-state index contributed by atoms with van der Waals surface area (Å²) in [6.07, 6.45) is -2.27. The summed E-state index contributed by atoms with van der Waals surface area (Å²) in [5.74, 6) is 2.88. The zero-order chi connectivity index (χ0) is 56.5. The largest absolute Gasteiger partial charge is 0.496 e. The first-order valence-corrected chi connectivity index (χ1v) is 28.4. The minimum absolute atomic E-state index is 0.314. The molecule has 0 saturated carbocycles. The molecule has 0 aliphatic carbocycles. The average Bonchev–Trinajstić information content (AvgIpc) is 4.28. The maximum atomic E-state index is 11.6. The lowest BCUT2D eigenvalue weighted by molar-refractivity contribution is 0.162. The first-order chi connectivity index (χ1) is 39.0. The zero-order valence-corrected chi connectivity index (χ0v) is 48.0. The van der Waals surface area contributed by atoms with Crippen molar-refractivity contribution in [3.05, 3.63) is 144 Å². The molecule has 0 N–H and O–H groups in total. The predicted octanol–water partition coefficient (Wildman–Crippen LogP) is 15.4. The summed E-state index contributed by atoms with van der Waals surface area (Å²) in [6.45, 7) is 8.30. The lowest BCUT2D eigenvalue weighted by atomic mass is 10.0. The topological polar surface area (TPSA) is 192 Å². The van der Waals surface area contributed by atoms with Crippen LogP contribution < -0.4 is 18.9 Å². The number of amides is 4. The zero-order valence-electron chi connectivity index (χ0n) is 44.7. The van der Waals surface area contributed by atoms with Gasteiger partial charge in [0.2, 0.25) is 0 Å². The SMILES string of the molecule is CCOC(=O)/N=C1\Sc2cccc3ccc(OC)c1c23.CCOC(=O)/N=C1\Sc2cccc3ccc(OC)c1c23.CCOC(=O)/N=C1\Sc2cccc3ccc(OC)c1c23.CCOC(=O)/N=C1\Sc2cccc3ccc(OC)c1c23. The molecular weight excluding hydrogens is 1100 g/mol. The van der Waals surface area contributed by atoms with Gasteiger partial charge in [-0.1, -0.05) is 120 Å². The molecule has 408 valence electrons. The summed E-state index contributed by atoms with van der Waals surface area (Å²) < 4.78 is 41.2. The van der Waals surface area contributed by atoms with Crippen molar-refractivity contribution in [2.75, 3.05) is 54.9 Å². The maximum Gasteiger partial charge on any atom is 0.434 e. The number of rotatable bonds is 8. The van der Waals surface area contributed by atoms with Crippen LogP contribution in [0.1, 0.15) is 49.9 Å². The second-order valence-corrected chi connectivity index (χ2v) is 21.0. The summed E-state index contributed by atoms with van der Waals surface area (Å²) in [4.78, 5) is 67.0. The van der Waals surface area contributed by atoms with Gasteiger partial charge < -0.3 is 37.9 Å². The number of carbonyl (C=O) groups is 4. The van der Waals surface area contributed by atoms with Crippen molar-refractivity contribution in [3.63, 3.8) is 0 Å². The summed E-state index contributed by atoms with van der Waals surface area (Å²) in [6, 6.07) is 39.8. The molecule has 16 nitrogen and oxygen atoms in total. The molecule has 80 heavy (non-hydrogen) atoms. The van der Waals surface area contributed by atoms with Crippen LogP contribution in [0.4, 0.5) is 19.2 Å². The minimum Gasteiger partial charge on any atom is -0.496 e. The molecule has 4 aliphatic heterocycles. The molecule has 20 heteroatoms. The predicted molar refractivity (Wildman–Crippen MR) is 320 cm³/mol. The summed E-state index contributed by atoms with van der Waals surface area (Å²) in [5.41, 5.74) is 3.50. The van der Waals surface area contributed by atoms with Gasteiger partial charge in [-0.15, -0.1) is 0 Å². The summed E-state index contributed by atoms with van der Waals surface area (Å²) in [5, 5.41) is 11.3. The van der Waals surface area contributed by atoms with E-state index in [-0.39, 0.29) is 0 Å². The van der Waals surface area contributed by atoms with Crippen molar-refractivity contribution in [2.24, 2.45) is 20.0 Å². The van der Waals surface area contributed by atoms with E-state index in [9.17, 15) is 19.2 Å². The third-order valence-corrected chi connectivity index (χ3v) is 16.5. The molecule has 0 fully saturated rings. The monoisotopic (exact) mass is 1150 g/mol. The van der Waals surface area contributed by atoms with Gasteiger partial charge in [-0.3, -0.25) is 0 Å². The fourth-order valence-electron chi connectivity index (χ4n) is 9.07. The Balaban J connectivity index is 0.000000129. The van der Waals surface area contributed by atoms with Crippen LogP contribution in [0.3, 0.4) is 0 Å². The van der Waals surface area contributed by atoms with Crippen molar-refractivity contribution in [1.82, 2.24) is 0 Å². The van der Waals surface area contributed by atoms with E-state index in [1.807, 2.05) is 121 Å². The molecule has 0 saturated heterocycles. The molecule has 0 unspecified atom stereocenters. The van der Waals surface area contributed by atoms with Gasteiger partial charge in [-0.2, -0.15) is 20.0 Å². The van der Waals surface area contributed by atoms with Crippen LogP contribution in [0.2, 0.25) is 0 Å². The van der Waals surface area contributed by atoms with Crippen molar-refractivity contribution in [1.29, 1.82) is 0 Å². The fraction of sp³-hybridized carbons (Fsp3) is 0.200. The first kappa shape index (κ1) is 56.7. The molecule has 0 bridgehead atoms. The van der Waals surface area contributed by atoms with Gasteiger partial charge >= 0.3 is 24.4 Å². The standard InChI is InChI=1S/4C15H13NO3S/c4*1-3-19-15(17)16-14-13-10(18-2)8-7-9-5-4-6-11(20-14)12(9)13/h4*4-8H,3H2,1-2H3/b4*16-14-. The Labute approximate surface area is 477 Å². The number of hydrogen-bond acceptors (Lipinski definition) is 16. The number of ether oxygens (including phenoxy) is 8. The van der Waals surface area contributed by atoms with E-state index in [1.165, 1.54) is 47.0 Å². The molecule has 4 amide bonds. The number of aliphatic imine (C=N–C) groups is 4. The highest BCUT2D eigenvalue weighted by Crippen LogP contribution is 2.48. The molecule has 0 radical (unpaired) electrons. The minimum atomic E-state index is -0.568. The maximum absolute atomic E-state index is 11.6. The highest BCUT2D eigenvalue weighted by molar-refractivity contribution is 8.16. The number of methoxy groups -OCH3 is 4. The fourth-order valence-corrected chi connectivity index (χ4v) is 13.5. The number of carbonyl (C=O) groups excluding carboxylic acids is 4. The Morgan fingerprint density at radius 1 is 0.325 bits per heavy atom. The van der Waals surface area contributed by atoms with Crippen LogP contribution in [-0.2, 0) is 18.9 Å². The molecule has 4 heterocycles. The third kappa shape index (κ3) is 11.8. The van der Waals surface area contributed by atoms with E-state index >= 15 is 0 Å². The second-order valence-electron chi connectivity index (χ2n) is 16.9. The molecule has 12 rings (SSSR count). The van der Waals surface area contributed by atoms with E-state index in [0.717, 1.165) is 108 Å². The number of thioether (sulfide) groups is 4. The molecule has 0 spiro atoms. The number of hydrogen-bond donors (Lipinski definition) is 0. The van der Waals surface area contributed by atoms with Crippen LogP contribution >= 0.6 is 47.0 Å². The van der Waals surface area contributed by atoms with Gasteiger partial charge in [0, 0.05) is 41.1 Å². The van der Waals surface area contributed by atoms with Gasteiger partial charge in [0.05, 0.1) is 77.1 Å². The molecular formula is C60H52N4O12S4. The molecule has 0 atom stereocenters. The van der Waals surface area contributed by atoms with Gasteiger partial charge in [-0.05, 0) is 97.8 Å². The van der Waals surface area contributed by atoms with Gasteiger partial charge in [-0.25, -0.2) is 19.2 Å². The van der Waals surface area contributed by atoms with Crippen molar-refractivity contribution >= 4 is 135 Å². The number of benzene rings is 8. The van der Waals surface area contributed by atoms with Gasteiger partial charge in [0.15, 0.2) is 0 Å². The van der Waals surface area contributed by atoms with Crippen molar-refractivity contribution in [2.45, 2.75) is 47.3 Å². The Morgan fingerprint density at radius 2 is 0.537 bits per heavy atom. The second kappa shape index (κ2) is 25.8. The van der Waals surface area contributed by atoms with Crippen molar-refractivity contribution < 1.29 is 57.1 Å². The van der Waals surface area contributed by atoms with E-state index < -0.39 is 24.4 Å². The van der Waals surface area contributed by atoms with E-state index in [1.54, 1.807) is 56.1 Å². The number of nitrogens with zero attached hydrogens (tertiary/aromatic N) is 4. The highest BCUT2D eigenvalue weighted by Gasteiger charge is 2.30. The highest BCUT2D eigenvalue weighted by atomic mass is 32.2. The summed E-state index contributed by atoms with van der Waals surface area (Å²) >= 11 is 5.87. The van der Waals surface area contributed by atoms with Crippen molar-refractivity contribution in [3.8, 4) is 23.0 Å². The Hall–Kier alpha value is -8.04. The first-order valence-electron chi connectivity index (χ1n) is 25.1. The lowest BCUT2D eigenvalue weighted by Gasteiger charge is -2.07. The smallest absolute Gasteiger partial charge is 0.434 e. The van der Waals surface area contributed by atoms with E-state index in [2.05, 4.69) is 20.0 Å². The van der Waals surface area contributed by atoms with Crippen LogP contribution in [0.25, 0.3) is 43.1 Å². The average molecular weight is 1150 g/mol. The molecule has 0 aromatic heterocycles. The van der Waals surface area contributed by atoms with Crippen LogP contribution in [-0.4, -0.2) is 99.4 Å². The van der Waals surface area contributed by atoms with Crippen LogP contribution in [0.5, 0.6) is 23.0 Å². The Kier molecular flexibility index (Phi) is 18.3. The van der Waals surface area contributed by atoms with Gasteiger partial charge in [0.1, 0.15) is 43.2 Å². The van der Waals surface area contributed by atoms with Crippen LogP contribution in [0.15, 0.2) is 161 Å². The Morgan fingerprint density at radius 3 is 0.725 bits per heavy atom. The quantitative estimate of drug-likeness (QED) is 0.130. The molecule has 4 aliphatic rings. The lowest BCUT2D eigenvalue weighted by Crippen LogP contribution is -2.03. The van der Waals surface area contributed by atoms with E-state index in [0.29, 0.717) is 46.6 Å². The van der Waals surface area contributed by atoms with E-state index in [4.69, 9.17) is 37.9 Å². The van der Waals surface area contributed by atoms with Crippen LogP contribution in [0, 0.1) is 0 Å². The van der Waals surface area contributed by atoms with Gasteiger partial charge in [0.25, 0.3) is 0 Å². The molecule has 8 aromatic rings. The summed E-state index contributed by atoms with van der Waals surface area (Å²) in [7, 11) is 6.47. The Bertz CT molecular complexity index is 3400. The third-order valence-electron chi connectivity index (χ3n) is 12.3. The normalized spacial score (nSPS) is 14.8. The molecule has 8 aromatic carbocycles.